The molecule has 0 aliphatic carbocycles. The van der Waals surface area contributed by atoms with E-state index in [1.54, 1.807) is 6.20 Å². The molecule has 2 unspecified atom stereocenters. The minimum Gasteiger partial charge on any atom is -0.379 e. The summed E-state index contributed by atoms with van der Waals surface area (Å²) in [6.45, 7) is 9.24. The van der Waals surface area contributed by atoms with Crippen molar-refractivity contribution in [1.82, 2.24) is 25.0 Å². The number of rotatable bonds is 2. The van der Waals surface area contributed by atoms with Crippen LogP contribution in [0.2, 0.25) is 0 Å². The van der Waals surface area contributed by atoms with Crippen LogP contribution in [0.1, 0.15) is 23.0 Å². The molecule has 7 heteroatoms. The number of carbonyl (C=O) groups is 1. The van der Waals surface area contributed by atoms with Crippen LogP contribution in [0.15, 0.2) is 12.3 Å². The van der Waals surface area contributed by atoms with Crippen LogP contribution >= 0.6 is 0 Å². The van der Waals surface area contributed by atoms with Crippen LogP contribution in [0.3, 0.4) is 0 Å². The highest BCUT2D eigenvalue weighted by Gasteiger charge is 2.37. The van der Waals surface area contributed by atoms with Crippen LogP contribution < -0.4 is 0 Å². The number of H-pyrrole nitrogens is 1. The zero-order valence-electron chi connectivity index (χ0n) is 14.2. The molecule has 4 heterocycles. The van der Waals surface area contributed by atoms with Gasteiger partial charge in [-0.3, -0.25) is 14.8 Å². The molecular weight excluding hydrogens is 306 g/mol. The van der Waals surface area contributed by atoms with Gasteiger partial charge in [0.25, 0.3) is 5.91 Å². The predicted octanol–water partition coefficient (Wildman–Crippen LogP) is 1.06. The molecule has 7 nitrogen and oxygen atoms in total. The van der Waals surface area contributed by atoms with Crippen LogP contribution in [0.5, 0.6) is 0 Å². The maximum atomic E-state index is 12.9. The summed E-state index contributed by atoms with van der Waals surface area (Å²) >= 11 is 0. The summed E-state index contributed by atoms with van der Waals surface area (Å²) in [4.78, 5) is 21.6. The summed E-state index contributed by atoms with van der Waals surface area (Å²) < 4.78 is 5.44. The topological polar surface area (TPSA) is 74.4 Å². The van der Waals surface area contributed by atoms with Gasteiger partial charge in [-0.05, 0) is 18.9 Å². The van der Waals surface area contributed by atoms with Crippen molar-refractivity contribution in [2.45, 2.75) is 19.9 Å². The second-order valence-corrected chi connectivity index (χ2v) is 6.85. The molecule has 2 aromatic heterocycles. The molecule has 2 aromatic rings. The third-order valence-electron chi connectivity index (χ3n) is 5.22. The predicted molar refractivity (Wildman–Crippen MR) is 89.9 cm³/mol. The van der Waals surface area contributed by atoms with E-state index in [2.05, 4.69) is 27.0 Å². The number of aryl methyl sites for hydroxylation is 1. The van der Waals surface area contributed by atoms with Crippen molar-refractivity contribution >= 4 is 16.9 Å². The number of ether oxygens (including phenoxy) is 1. The quantitative estimate of drug-likeness (QED) is 0.892. The summed E-state index contributed by atoms with van der Waals surface area (Å²) in [6, 6.07) is 2.32. The van der Waals surface area contributed by atoms with Crippen LogP contribution in [-0.2, 0) is 4.74 Å². The number of aromatic nitrogens is 3. The van der Waals surface area contributed by atoms with E-state index in [0.717, 1.165) is 50.5 Å². The smallest absolute Gasteiger partial charge is 0.255 e. The SMILES string of the molecule is Cc1[nH]nc2ncc(C(=O)N3CC(C)C(N4CCOCC4)C3)cc12. The zero-order valence-corrected chi connectivity index (χ0v) is 14.2. The lowest BCUT2D eigenvalue weighted by molar-refractivity contribution is 0.0119. The minimum atomic E-state index is 0.0626. The highest BCUT2D eigenvalue weighted by atomic mass is 16.5. The van der Waals surface area contributed by atoms with E-state index in [0.29, 0.717) is 23.2 Å². The van der Waals surface area contributed by atoms with Crippen molar-refractivity contribution in [2.75, 3.05) is 39.4 Å². The molecule has 0 bridgehead atoms. The molecular formula is C17H23N5O2. The average Bonchev–Trinajstić information content (AvgIpc) is 3.18. The Morgan fingerprint density at radius 1 is 1.33 bits per heavy atom. The third-order valence-corrected chi connectivity index (χ3v) is 5.22. The number of likely N-dealkylation sites (tertiary alicyclic amines) is 1. The fourth-order valence-corrected chi connectivity index (χ4v) is 3.82. The number of aromatic amines is 1. The summed E-state index contributed by atoms with van der Waals surface area (Å²) in [6.07, 6.45) is 1.64. The molecule has 2 saturated heterocycles. The van der Waals surface area contributed by atoms with Gasteiger partial charge in [-0.2, -0.15) is 5.10 Å². The zero-order chi connectivity index (χ0) is 16.7. The lowest BCUT2D eigenvalue weighted by Crippen LogP contribution is -2.47. The van der Waals surface area contributed by atoms with Gasteiger partial charge in [0.05, 0.1) is 18.8 Å². The Bertz CT molecular complexity index is 753. The van der Waals surface area contributed by atoms with Crippen LogP contribution in [0.25, 0.3) is 11.0 Å². The molecule has 0 saturated carbocycles. The molecule has 128 valence electrons. The van der Waals surface area contributed by atoms with E-state index in [4.69, 9.17) is 4.74 Å². The van der Waals surface area contributed by atoms with Gasteiger partial charge < -0.3 is 9.64 Å². The highest BCUT2D eigenvalue weighted by molar-refractivity contribution is 5.97. The maximum absolute atomic E-state index is 12.9. The second kappa shape index (κ2) is 6.14. The molecule has 24 heavy (non-hydrogen) atoms. The number of pyridine rings is 1. The normalized spacial score (nSPS) is 25.5. The number of nitrogens with zero attached hydrogens (tertiary/aromatic N) is 4. The fourth-order valence-electron chi connectivity index (χ4n) is 3.82. The molecule has 0 aromatic carbocycles. The van der Waals surface area contributed by atoms with Crippen molar-refractivity contribution in [3.05, 3.63) is 23.5 Å². The van der Waals surface area contributed by atoms with Crippen molar-refractivity contribution in [3.63, 3.8) is 0 Å². The molecule has 2 fully saturated rings. The molecule has 2 aliphatic rings. The first-order valence-corrected chi connectivity index (χ1v) is 8.55. The Kier molecular flexibility index (Phi) is 3.97. The first kappa shape index (κ1) is 15.5. The molecule has 1 N–H and O–H groups in total. The highest BCUT2D eigenvalue weighted by Crippen LogP contribution is 2.25. The summed E-state index contributed by atoms with van der Waals surface area (Å²) in [5.74, 6) is 0.534. The Morgan fingerprint density at radius 3 is 2.92 bits per heavy atom. The van der Waals surface area contributed by atoms with E-state index in [-0.39, 0.29) is 5.91 Å². The number of hydrogen-bond donors (Lipinski definition) is 1. The standard InChI is InChI=1S/C17H23N5O2/c1-11-9-22(10-15(11)21-3-5-24-6-4-21)17(23)13-7-14-12(2)19-20-16(14)18-8-13/h7-8,11,15H,3-6,9-10H2,1-2H3,(H,18,19,20). The number of fused-ring (bicyclic) bond motifs is 1. The third kappa shape index (κ3) is 2.67. The van der Waals surface area contributed by atoms with Gasteiger partial charge >= 0.3 is 0 Å². The van der Waals surface area contributed by atoms with Crippen molar-refractivity contribution in [2.24, 2.45) is 5.92 Å². The average molecular weight is 329 g/mol. The van der Waals surface area contributed by atoms with E-state index in [9.17, 15) is 4.79 Å². The largest absolute Gasteiger partial charge is 0.379 e. The van der Waals surface area contributed by atoms with Gasteiger partial charge in [-0.1, -0.05) is 6.92 Å². The van der Waals surface area contributed by atoms with Gasteiger partial charge in [0.1, 0.15) is 0 Å². The number of amides is 1. The van der Waals surface area contributed by atoms with E-state index in [1.807, 2.05) is 17.9 Å². The number of morpholine rings is 1. The molecule has 0 radical (unpaired) electrons. The molecule has 4 rings (SSSR count). The summed E-state index contributed by atoms with van der Waals surface area (Å²) in [5, 5.41) is 7.95. The first-order valence-electron chi connectivity index (χ1n) is 8.55. The molecule has 1 amide bonds. The van der Waals surface area contributed by atoms with Crippen LogP contribution in [-0.4, -0.2) is 76.3 Å². The van der Waals surface area contributed by atoms with Gasteiger partial charge in [0.2, 0.25) is 0 Å². The minimum absolute atomic E-state index is 0.0626. The van der Waals surface area contributed by atoms with Crippen molar-refractivity contribution in [1.29, 1.82) is 0 Å². The fraction of sp³-hybridized carbons (Fsp3) is 0.588. The maximum Gasteiger partial charge on any atom is 0.255 e. The lowest BCUT2D eigenvalue weighted by atomic mass is 10.0. The number of carbonyl (C=O) groups excluding carboxylic acids is 1. The van der Waals surface area contributed by atoms with Crippen molar-refractivity contribution in [3.8, 4) is 0 Å². The van der Waals surface area contributed by atoms with Gasteiger partial charge in [0.15, 0.2) is 5.65 Å². The summed E-state index contributed by atoms with van der Waals surface area (Å²) in [7, 11) is 0. The van der Waals surface area contributed by atoms with E-state index >= 15 is 0 Å². The van der Waals surface area contributed by atoms with Crippen LogP contribution in [0.4, 0.5) is 0 Å². The van der Waals surface area contributed by atoms with Gasteiger partial charge in [0, 0.05) is 49.5 Å². The molecule has 0 spiro atoms. The van der Waals surface area contributed by atoms with Gasteiger partial charge in [-0.25, -0.2) is 4.98 Å². The van der Waals surface area contributed by atoms with Crippen molar-refractivity contribution < 1.29 is 9.53 Å². The molecule has 2 aliphatic heterocycles. The summed E-state index contributed by atoms with van der Waals surface area (Å²) in [5.41, 5.74) is 2.24. The number of hydrogen-bond acceptors (Lipinski definition) is 5. The number of nitrogens with one attached hydrogen (secondary N) is 1. The Labute approximate surface area is 141 Å². The molecule has 2 atom stereocenters. The first-order chi connectivity index (χ1) is 11.6. The second-order valence-electron chi connectivity index (χ2n) is 6.85. The van der Waals surface area contributed by atoms with Crippen LogP contribution in [0, 0.1) is 12.8 Å². The van der Waals surface area contributed by atoms with E-state index < -0.39 is 0 Å². The van der Waals surface area contributed by atoms with E-state index in [1.165, 1.54) is 0 Å². The Morgan fingerprint density at radius 2 is 2.12 bits per heavy atom. The monoisotopic (exact) mass is 329 g/mol. The van der Waals surface area contributed by atoms with Gasteiger partial charge in [-0.15, -0.1) is 0 Å². The Balaban J connectivity index is 1.52. The Hall–Kier alpha value is -1.99. The lowest BCUT2D eigenvalue weighted by Gasteiger charge is -2.33.